The van der Waals surface area contributed by atoms with Crippen molar-refractivity contribution in [1.82, 2.24) is 19.7 Å². The van der Waals surface area contributed by atoms with E-state index < -0.39 is 11.7 Å². The number of piperidine rings is 1. The fourth-order valence-electron chi connectivity index (χ4n) is 3.83. The van der Waals surface area contributed by atoms with Gasteiger partial charge in [-0.05, 0) is 30.9 Å². The van der Waals surface area contributed by atoms with E-state index >= 15 is 0 Å². The SMILES string of the molecule is CN(CC1CCN(c2nc3c(C(F)(F)F)cccc3s2)CC1)C(=O)c1cnn(C)c1. The quantitative estimate of drug-likeness (QED) is 0.618. The van der Waals surface area contributed by atoms with Gasteiger partial charge in [0, 0.05) is 39.9 Å². The van der Waals surface area contributed by atoms with Gasteiger partial charge in [0.1, 0.15) is 0 Å². The molecule has 6 nitrogen and oxygen atoms in total. The normalized spacial score (nSPS) is 15.7. The van der Waals surface area contributed by atoms with Crippen molar-refractivity contribution in [3.63, 3.8) is 0 Å². The first-order valence-electron chi connectivity index (χ1n) is 9.68. The number of amides is 1. The Hall–Kier alpha value is -2.62. The zero-order chi connectivity index (χ0) is 21.5. The smallest absolute Gasteiger partial charge is 0.348 e. The molecule has 1 saturated heterocycles. The number of thiazole rings is 1. The molecule has 0 unspecified atom stereocenters. The van der Waals surface area contributed by atoms with Crippen molar-refractivity contribution < 1.29 is 18.0 Å². The van der Waals surface area contributed by atoms with Crippen molar-refractivity contribution in [3.05, 3.63) is 41.7 Å². The molecule has 0 spiro atoms. The van der Waals surface area contributed by atoms with Crippen molar-refractivity contribution >= 4 is 32.6 Å². The van der Waals surface area contributed by atoms with E-state index in [4.69, 9.17) is 0 Å². The Bertz CT molecular complexity index is 1050. The minimum atomic E-state index is -4.41. The van der Waals surface area contributed by atoms with E-state index in [1.807, 2.05) is 4.90 Å². The van der Waals surface area contributed by atoms with E-state index in [0.29, 0.717) is 40.9 Å². The number of carbonyl (C=O) groups excluding carboxylic acids is 1. The van der Waals surface area contributed by atoms with Crippen molar-refractivity contribution in [1.29, 1.82) is 0 Å². The maximum absolute atomic E-state index is 13.2. The summed E-state index contributed by atoms with van der Waals surface area (Å²) in [5.74, 6) is 0.281. The minimum absolute atomic E-state index is 0.0222. The van der Waals surface area contributed by atoms with Gasteiger partial charge in [-0.2, -0.15) is 18.3 Å². The molecule has 3 heterocycles. The van der Waals surface area contributed by atoms with Crippen LogP contribution in [0.2, 0.25) is 0 Å². The maximum atomic E-state index is 13.2. The lowest BCUT2D eigenvalue weighted by Gasteiger charge is -2.33. The number of nitrogens with zero attached hydrogens (tertiary/aromatic N) is 5. The number of carbonyl (C=O) groups is 1. The van der Waals surface area contributed by atoms with Gasteiger partial charge in [0.25, 0.3) is 5.91 Å². The van der Waals surface area contributed by atoms with Gasteiger partial charge in [-0.3, -0.25) is 9.48 Å². The van der Waals surface area contributed by atoms with Gasteiger partial charge < -0.3 is 9.80 Å². The van der Waals surface area contributed by atoms with Crippen LogP contribution in [0.25, 0.3) is 10.2 Å². The van der Waals surface area contributed by atoms with Gasteiger partial charge in [0.05, 0.1) is 27.5 Å². The highest BCUT2D eigenvalue weighted by Gasteiger charge is 2.34. The van der Waals surface area contributed by atoms with Crippen LogP contribution in [0.4, 0.5) is 18.3 Å². The second-order valence-electron chi connectivity index (χ2n) is 7.67. The molecule has 1 aliphatic rings. The monoisotopic (exact) mass is 437 g/mol. The topological polar surface area (TPSA) is 54.3 Å². The van der Waals surface area contributed by atoms with Gasteiger partial charge >= 0.3 is 6.18 Å². The predicted molar refractivity (Wildman–Crippen MR) is 110 cm³/mol. The Kier molecular flexibility index (Phi) is 5.44. The van der Waals surface area contributed by atoms with E-state index in [1.165, 1.54) is 17.4 Å². The maximum Gasteiger partial charge on any atom is 0.418 e. The molecule has 1 aromatic carbocycles. The molecular formula is C20H22F3N5OS. The standard InChI is InChI=1S/C20H22F3N5OS/c1-26(18(29)14-10-24-27(2)12-14)11-13-6-8-28(9-7-13)19-25-17-15(20(21,22)23)4-3-5-16(17)30-19/h3-5,10,12-13H,6-9,11H2,1-2H3. The van der Waals surface area contributed by atoms with E-state index in [1.54, 1.807) is 42.1 Å². The average Bonchev–Trinajstić information content (AvgIpc) is 3.33. The summed E-state index contributed by atoms with van der Waals surface area (Å²) in [4.78, 5) is 20.6. The van der Waals surface area contributed by atoms with Crippen molar-refractivity contribution in [3.8, 4) is 0 Å². The molecule has 0 aliphatic carbocycles. The summed E-state index contributed by atoms with van der Waals surface area (Å²) in [7, 11) is 3.56. The largest absolute Gasteiger partial charge is 0.418 e. The zero-order valence-corrected chi connectivity index (χ0v) is 17.5. The van der Waals surface area contributed by atoms with E-state index in [-0.39, 0.29) is 11.4 Å². The number of rotatable bonds is 4. The summed E-state index contributed by atoms with van der Waals surface area (Å²) in [6.07, 6.45) is 0.552. The van der Waals surface area contributed by atoms with Crippen LogP contribution in [0, 0.1) is 5.92 Å². The summed E-state index contributed by atoms with van der Waals surface area (Å²) in [6, 6.07) is 4.18. The van der Waals surface area contributed by atoms with Crippen molar-refractivity contribution in [2.45, 2.75) is 19.0 Å². The molecule has 4 rings (SSSR count). The number of benzene rings is 1. The Balaban J connectivity index is 1.39. The number of hydrogen-bond donors (Lipinski definition) is 0. The second kappa shape index (κ2) is 7.90. The average molecular weight is 437 g/mol. The van der Waals surface area contributed by atoms with Gasteiger partial charge in [0.2, 0.25) is 0 Å². The predicted octanol–water partition coefficient (Wildman–Crippen LogP) is 4.04. The number of halogens is 3. The van der Waals surface area contributed by atoms with Crippen molar-refractivity contribution in [2.75, 3.05) is 31.6 Å². The molecule has 160 valence electrons. The van der Waals surface area contributed by atoms with E-state index in [9.17, 15) is 18.0 Å². The van der Waals surface area contributed by atoms with Crippen LogP contribution in [0.5, 0.6) is 0 Å². The van der Waals surface area contributed by atoms with Crippen LogP contribution in [0.1, 0.15) is 28.8 Å². The molecule has 0 atom stereocenters. The van der Waals surface area contributed by atoms with Crippen LogP contribution < -0.4 is 4.90 Å². The highest BCUT2D eigenvalue weighted by molar-refractivity contribution is 7.22. The van der Waals surface area contributed by atoms with Gasteiger partial charge in [-0.15, -0.1) is 0 Å². The second-order valence-corrected chi connectivity index (χ2v) is 8.67. The van der Waals surface area contributed by atoms with Crippen LogP contribution >= 0.6 is 11.3 Å². The van der Waals surface area contributed by atoms with Crippen LogP contribution in [-0.2, 0) is 13.2 Å². The third kappa shape index (κ3) is 4.14. The fourth-order valence-corrected chi connectivity index (χ4v) is 4.87. The summed E-state index contributed by atoms with van der Waals surface area (Å²) < 4.78 is 41.9. The number of aryl methyl sites for hydroxylation is 1. The lowest BCUT2D eigenvalue weighted by molar-refractivity contribution is -0.136. The summed E-state index contributed by atoms with van der Waals surface area (Å²) >= 11 is 1.29. The zero-order valence-electron chi connectivity index (χ0n) is 16.7. The highest BCUT2D eigenvalue weighted by Crippen LogP contribution is 2.39. The summed E-state index contributed by atoms with van der Waals surface area (Å²) in [6.45, 7) is 2.06. The number of para-hydroxylation sites is 1. The Labute approximate surface area is 175 Å². The number of hydrogen-bond acceptors (Lipinski definition) is 5. The van der Waals surface area contributed by atoms with Gasteiger partial charge in [-0.25, -0.2) is 4.98 Å². The van der Waals surface area contributed by atoms with E-state index in [2.05, 4.69) is 10.1 Å². The molecule has 2 aromatic heterocycles. The molecule has 1 amide bonds. The fraction of sp³-hybridized carbons (Fsp3) is 0.450. The molecule has 1 fully saturated rings. The minimum Gasteiger partial charge on any atom is -0.348 e. The van der Waals surface area contributed by atoms with Gasteiger partial charge in [-0.1, -0.05) is 17.4 Å². The number of aromatic nitrogens is 3. The summed E-state index contributed by atoms with van der Waals surface area (Å²) in [5, 5.41) is 4.66. The van der Waals surface area contributed by atoms with Gasteiger partial charge in [0.15, 0.2) is 5.13 Å². The molecule has 3 aromatic rings. The lowest BCUT2D eigenvalue weighted by atomic mass is 9.96. The highest BCUT2D eigenvalue weighted by atomic mass is 32.1. The van der Waals surface area contributed by atoms with Crippen LogP contribution in [0.15, 0.2) is 30.6 Å². The molecule has 0 N–H and O–H groups in total. The molecular weight excluding hydrogens is 415 g/mol. The van der Waals surface area contributed by atoms with Crippen LogP contribution in [-0.4, -0.2) is 52.3 Å². The first kappa shape index (κ1) is 20.6. The Morgan fingerprint density at radius 2 is 2.03 bits per heavy atom. The third-order valence-electron chi connectivity index (χ3n) is 5.43. The lowest BCUT2D eigenvalue weighted by Crippen LogP contribution is -2.39. The molecule has 1 aliphatic heterocycles. The Morgan fingerprint density at radius 1 is 1.30 bits per heavy atom. The molecule has 0 bridgehead atoms. The van der Waals surface area contributed by atoms with Crippen LogP contribution in [0.3, 0.4) is 0 Å². The molecule has 10 heteroatoms. The first-order valence-corrected chi connectivity index (χ1v) is 10.5. The molecule has 30 heavy (non-hydrogen) atoms. The van der Waals surface area contributed by atoms with E-state index in [0.717, 1.165) is 18.9 Å². The number of alkyl halides is 3. The first-order chi connectivity index (χ1) is 14.2. The number of fused-ring (bicyclic) bond motifs is 1. The summed E-state index contributed by atoms with van der Waals surface area (Å²) in [5.41, 5.74) is -0.103. The van der Waals surface area contributed by atoms with Crippen molar-refractivity contribution in [2.24, 2.45) is 13.0 Å². The Morgan fingerprint density at radius 3 is 2.67 bits per heavy atom. The molecule has 0 radical (unpaired) electrons. The third-order valence-corrected chi connectivity index (χ3v) is 6.51. The molecule has 0 saturated carbocycles. The number of anilines is 1.